The molecule has 24 heavy (non-hydrogen) atoms. The van der Waals surface area contributed by atoms with Gasteiger partial charge in [-0.1, -0.05) is 59.7 Å². The lowest BCUT2D eigenvalue weighted by Crippen LogP contribution is -2.06. The van der Waals surface area contributed by atoms with E-state index in [-0.39, 0.29) is 0 Å². The topological polar surface area (TPSA) is 49.8 Å². The average Bonchev–Trinajstić information content (AvgIpc) is 2.60. The summed E-state index contributed by atoms with van der Waals surface area (Å²) in [7, 11) is 0. The molecule has 4 heteroatoms. The number of anilines is 2. The third-order valence-corrected chi connectivity index (χ3v) is 3.78. The lowest BCUT2D eigenvalue weighted by molar-refractivity contribution is 1.03. The zero-order valence-corrected chi connectivity index (χ0v) is 14.1. The van der Waals surface area contributed by atoms with E-state index in [9.17, 15) is 0 Å². The van der Waals surface area contributed by atoms with Crippen LogP contribution in [0.5, 0.6) is 0 Å². The number of nitrogens with one attached hydrogen (secondary N) is 2. The van der Waals surface area contributed by atoms with Gasteiger partial charge in [-0.2, -0.15) is 4.98 Å². The monoisotopic (exact) mass is 318 g/mol. The van der Waals surface area contributed by atoms with E-state index in [0.29, 0.717) is 12.5 Å². The molecule has 3 aromatic rings. The first kappa shape index (κ1) is 16.0. The summed E-state index contributed by atoms with van der Waals surface area (Å²) in [6.07, 6.45) is 1.77. The SMILES string of the molecule is Cc1ccc(CNc2nccc(NCc3cccc(C)c3)n2)cc1. The second kappa shape index (κ2) is 7.59. The van der Waals surface area contributed by atoms with Crippen LogP contribution in [-0.4, -0.2) is 9.97 Å². The van der Waals surface area contributed by atoms with Crippen LogP contribution in [0, 0.1) is 13.8 Å². The molecular formula is C20H22N4. The molecule has 0 atom stereocenters. The Morgan fingerprint density at radius 1 is 0.792 bits per heavy atom. The molecular weight excluding hydrogens is 296 g/mol. The quantitative estimate of drug-likeness (QED) is 0.711. The Kier molecular flexibility index (Phi) is 5.06. The molecule has 1 heterocycles. The van der Waals surface area contributed by atoms with Crippen molar-refractivity contribution < 1.29 is 0 Å². The van der Waals surface area contributed by atoms with Crippen molar-refractivity contribution in [1.29, 1.82) is 0 Å². The van der Waals surface area contributed by atoms with Crippen LogP contribution < -0.4 is 10.6 Å². The van der Waals surface area contributed by atoms with Crippen molar-refractivity contribution in [3.63, 3.8) is 0 Å². The fourth-order valence-corrected chi connectivity index (χ4v) is 2.44. The maximum atomic E-state index is 4.51. The van der Waals surface area contributed by atoms with E-state index in [1.54, 1.807) is 6.20 Å². The Bertz CT molecular complexity index is 797. The lowest BCUT2D eigenvalue weighted by Gasteiger charge is -2.09. The number of benzene rings is 2. The van der Waals surface area contributed by atoms with Crippen molar-refractivity contribution in [2.75, 3.05) is 10.6 Å². The highest BCUT2D eigenvalue weighted by atomic mass is 15.1. The van der Waals surface area contributed by atoms with Gasteiger partial charge in [-0.3, -0.25) is 0 Å². The summed E-state index contributed by atoms with van der Waals surface area (Å²) >= 11 is 0. The maximum absolute atomic E-state index is 4.51. The van der Waals surface area contributed by atoms with E-state index in [1.807, 2.05) is 6.07 Å². The van der Waals surface area contributed by atoms with Crippen molar-refractivity contribution in [3.05, 3.63) is 83.0 Å². The molecule has 0 aliphatic carbocycles. The number of aryl methyl sites for hydroxylation is 2. The largest absolute Gasteiger partial charge is 0.366 e. The molecule has 0 radical (unpaired) electrons. The third kappa shape index (κ3) is 4.56. The van der Waals surface area contributed by atoms with E-state index >= 15 is 0 Å². The maximum Gasteiger partial charge on any atom is 0.224 e. The van der Waals surface area contributed by atoms with Crippen molar-refractivity contribution in [1.82, 2.24) is 9.97 Å². The minimum atomic E-state index is 0.629. The minimum absolute atomic E-state index is 0.629. The van der Waals surface area contributed by atoms with Gasteiger partial charge < -0.3 is 10.6 Å². The Balaban J connectivity index is 1.58. The Hall–Kier alpha value is -2.88. The molecule has 0 spiro atoms. The molecule has 0 saturated heterocycles. The first-order valence-electron chi connectivity index (χ1n) is 8.11. The number of aromatic nitrogens is 2. The zero-order valence-electron chi connectivity index (χ0n) is 14.1. The summed E-state index contributed by atoms with van der Waals surface area (Å²) < 4.78 is 0. The highest BCUT2D eigenvalue weighted by Crippen LogP contribution is 2.11. The predicted octanol–water partition coefficient (Wildman–Crippen LogP) is 4.32. The van der Waals surface area contributed by atoms with Crippen LogP contribution in [0.4, 0.5) is 11.8 Å². The molecule has 0 unspecified atom stereocenters. The summed E-state index contributed by atoms with van der Waals surface area (Å²) in [6.45, 7) is 5.64. The average molecular weight is 318 g/mol. The summed E-state index contributed by atoms with van der Waals surface area (Å²) in [4.78, 5) is 8.79. The normalized spacial score (nSPS) is 10.4. The van der Waals surface area contributed by atoms with Gasteiger partial charge in [0.1, 0.15) is 5.82 Å². The molecule has 2 aromatic carbocycles. The molecule has 0 aliphatic rings. The molecule has 4 nitrogen and oxygen atoms in total. The molecule has 2 N–H and O–H groups in total. The van der Waals surface area contributed by atoms with Gasteiger partial charge in [-0.25, -0.2) is 4.98 Å². The predicted molar refractivity (Wildman–Crippen MR) is 99.0 cm³/mol. The van der Waals surface area contributed by atoms with Gasteiger partial charge in [0.25, 0.3) is 0 Å². The summed E-state index contributed by atoms with van der Waals surface area (Å²) in [5, 5.41) is 6.61. The van der Waals surface area contributed by atoms with E-state index in [1.165, 1.54) is 22.3 Å². The van der Waals surface area contributed by atoms with Crippen LogP contribution in [0.1, 0.15) is 22.3 Å². The fourth-order valence-electron chi connectivity index (χ4n) is 2.44. The van der Waals surface area contributed by atoms with E-state index < -0.39 is 0 Å². The number of hydrogen-bond acceptors (Lipinski definition) is 4. The summed E-state index contributed by atoms with van der Waals surface area (Å²) in [5.41, 5.74) is 4.97. The fraction of sp³-hybridized carbons (Fsp3) is 0.200. The van der Waals surface area contributed by atoms with Gasteiger partial charge in [-0.05, 0) is 31.0 Å². The van der Waals surface area contributed by atoms with Crippen LogP contribution in [0.2, 0.25) is 0 Å². The number of hydrogen-bond donors (Lipinski definition) is 2. The van der Waals surface area contributed by atoms with Crippen molar-refractivity contribution in [2.24, 2.45) is 0 Å². The lowest BCUT2D eigenvalue weighted by atomic mass is 10.1. The smallest absolute Gasteiger partial charge is 0.224 e. The standard InChI is InChI=1S/C20H22N4/c1-15-6-8-17(9-7-15)13-23-20-21-11-10-19(24-20)22-14-18-5-3-4-16(2)12-18/h3-12H,13-14H2,1-2H3,(H2,21,22,23,24). The summed E-state index contributed by atoms with van der Waals surface area (Å²) in [5.74, 6) is 1.45. The van der Waals surface area contributed by atoms with Crippen molar-refractivity contribution in [3.8, 4) is 0 Å². The third-order valence-electron chi connectivity index (χ3n) is 3.78. The van der Waals surface area contributed by atoms with Crippen molar-refractivity contribution >= 4 is 11.8 Å². The van der Waals surface area contributed by atoms with Crippen LogP contribution in [0.15, 0.2) is 60.8 Å². The molecule has 0 bridgehead atoms. The van der Waals surface area contributed by atoms with Crippen LogP contribution in [0.25, 0.3) is 0 Å². The molecule has 0 amide bonds. The van der Waals surface area contributed by atoms with Gasteiger partial charge in [-0.15, -0.1) is 0 Å². The van der Waals surface area contributed by atoms with Crippen LogP contribution in [-0.2, 0) is 13.1 Å². The highest BCUT2D eigenvalue weighted by Gasteiger charge is 2.00. The second-order valence-corrected chi connectivity index (χ2v) is 5.95. The van der Waals surface area contributed by atoms with E-state index in [4.69, 9.17) is 0 Å². The first-order chi connectivity index (χ1) is 11.7. The minimum Gasteiger partial charge on any atom is -0.366 e. The van der Waals surface area contributed by atoms with Gasteiger partial charge >= 0.3 is 0 Å². The van der Waals surface area contributed by atoms with Gasteiger partial charge in [0.15, 0.2) is 0 Å². The molecule has 0 aliphatic heterocycles. The van der Waals surface area contributed by atoms with E-state index in [0.717, 1.165) is 12.4 Å². The highest BCUT2D eigenvalue weighted by molar-refractivity contribution is 5.41. The van der Waals surface area contributed by atoms with Gasteiger partial charge in [0, 0.05) is 19.3 Å². The summed E-state index contributed by atoms with van der Waals surface area (Å²) in [6, 6.07) is 18.8. The van der Waals surface area contributed by atoms with Crippen molar-refractivity contribution in [2.45, 2.75) is 26.9 Å². The Morgan fingerprint density at radius 2 is 1.58 bits per heavy atom. The van der Waals surface area contributed by atoms with E-state index in [2.05, 4.69) is 83.0 Å². The molecule has 0 fully saturated rings. The molecule has 3 rings (SSSR count). The molecule has 0 saturated carbocycles. The number of nitrogens with zero attached hydrogens (tertiary/aromatic N) is 2. The van der Waals surface area contributed by atoms with Crippen LogP contribution in [0.3, 0.4) is 0 Å². The first-order valence-corrected chi connectivity index (χ1v) is 8.11. The number of rotatable bonds is 6. The molecule has 1 aromatic heterocycles. The zero-order chi connectivity index (χ0) is 16.8. The second-order valence-electron chi connectivity index (χ2n) is 5.95. The van der Waals surface area contributed by atoms with Gasteiger partial charge in [0.05, 0.1) is 0 Å². The van der Waals surface area contributed by atoms with Gasteiger partial charge in [0.2, 0.25) is 5.95 Å². The Morgan fingerprint density at radius 3 is 2.38 bits per heavy atom. The molecule has 122 valence electrons. The van der Waals surface area contributed by atoms with Crippen LogP contribution >= 0.6 is 0 Å². The Labute approximate surface area is 143 Å².